The Labute approximate surface area is 184 Å². The monoisotopic (exact) mass is 449 g/mol. The molecule has 0 heterocycles. The highest BCUT2D eigenvalue weighted by Crippen LogP contribution is 2.27. The Bertz CT molecular complexity index is 975. The fourth-order valence-corrected chi connectivity index (χ4v) is 4.50. The lowest BCUT2D eigenvalue weighted by Crippen LogP contribution is -2.38. The van der Waals surface area contributed by atoms with Gasteiger partial charge in [0, 0.05) is 23.7 Å². The maximum Gasteiger partial charge on any atom is 0.251 e. The van der Waals surface area contributed by atoms with Crippen molar-refractivity contribution in [1.29, 1.82) is 0 Å². The molecule has 8 heteroatoms. The van der Waals surface area contributed by atoms with Crippen LogP contribution in [0, 0.1) is 0 Å². The molecule has 0 radical (unpaired) electrons. The van der Waals surface area contributed by atoms with Crippen LogP contribution in [0.3, 0.4) is 0 Å². The summed E-state index contributed by atoms with van der Waals surface area (Å²) in [5.74, 6) is -0.347. The summed E-state index contributed by atoms with van der Waals surface area (Å²) in [7, 11) is -3.71. The summed E-state index contributed by atoms with van der Waals surface area (Å²) < 4.78 is 27.0. The van der Waals surface area contributed by atoms with Crippen LogP contribution in [0.2, 0.25) is 5.02 Å². The molecule has 0 aliphatic rings. The number of hydrogen-bond acceptors (Lipinski definition) is 4. The van der Waals surface area contributed by atoms with E-state index in [0.29, 0.717) is 11.6 Å². The second kappa shape index (κ2) is 11.3. The summed E-state index contributed by atoms with van der Waals surface area (Å²) in [6.07, 6.45) is 1.45. The summed E-state index contributed by atoms with van der Waals surface area (Å²) in [6.45, 7) is 9.66. The molecular weight excluding hydrogens is 422 g/mol. The average Bonchev–Trinajstić information content (AvgIpc) is 2.76. The lowest BCUT2D eigenvalue weighted by Gasteiger charge is -2.31. The Morgan fingerprint density at radius 3 is 2.50 bits per heavy atom. The van der Waals surface area contributed by atoms with Gasteiger partial charge in [-0.3, -0.25) is 9.69 Å². The highest BCUT2D eigenvalue weighted by molar-refractivity contribution is 7.89. The molecule has 0 aliphatic heterocycles. The molecule has 0 spiro atoms. The maximum absolute atomic E-state index is 12.8. The molecule has 0 bridgehead atoms. The van der Waals surface area contributed by atoms with E-state index in [9.17, 15) is 13.2 Å². The first kappa shape index (κ1) is 24.1. The third-order valence-electron chi connectivity index (χ3n) is 4.80. The van der Waals surface area contributed by atoms with Crippen LogP contribution in [0.25, 0.3) is 0 Å². The van der Waals surface area contributed by atoms with Crippen LogP contribution < -0.4 is 10.0 Å². The van der Waals surface area contributed by atoms with Gasteiger partial charge in [-0.1, -0.05) is 55.8 Å². The molecule has 0 saturated heterocycles. The van der Waals surface area contributed by atoms with E-state index in [0.717, 1.165) is 18.7 Å². The number of nitrogens with zero attached hydrogens (tertiary/aromatic N) is 1. The topological polar surface area (TPSA) is 78.5 Å². The SMILES string of the molecule is C=CCNS(=O)(=O)c1cccc(C(=O)NCC(c2ccccc2Cl)N(CC)CC)c1. The van der Waals surface area contributed by atoms with Gasteiger partial charge in [-0.15, -0.1) is 6.58 Å². The smallest absolute Gasteiger partial charge is 0.251 e. The van der Waals surface area contributed by atoms with E-state index in [1.807, 2.05) is 24.3 Å². The molecule has 2 aromatic rings. The van der Waals surface area contributed by atoms with Crippen LogP contribution in [-0.4, -0.2) is 45.4 Å². The largest absolute Gasteiger partial charge is 0.350 e. The summed E-state index contributed by atoms with van der Waals surface area (Å²) in [6, 6.07) is 13.4. The van der Waals surface area contributed by atoms with Crippen molar-refractivity contribution in [2.45, 2.75) is 24.8 Å². The fourth-order valence-electron chi connectivity index (χ4n) is 3.19. The summed E-state index contributed by atoms with van der Waals surface area (Å²) in [5, 5.41) is 3.57. The summed E-state index contributed by atoms with van der Waals surface area (Å²) in [4.78, 5) is 15.0. The van der Waals surface area contributed by atoms with E-state index >= 15 is 0 Å². The molecule has 30 heavy (non-hydrogen) atoms. The predicted molar refractivity (Wildman–Crippen MR) is 121 cm³/mol. The van der Waals surface area contributed by atoms with Crippen molar-refractivity contribution >= 4 is 27.5 Å². The van der Waals surface area contributed by atoms with Gasteiger partial charge in [0.2, 0.25) is 10.0 Å². The molecule has 162 valence electrons. The molecule has 0 aromatic heterocycles. The maximum atomic E-state index is 12.8. The van der Waals surface area contributed by atoms with E-state index in [1.54, 1.807) is 12.1 Å². The molecule has 6 nitrogen and oxygen atoms in total. The molecule has 0 saturated carbocycles. The number of rotatable bonds is 11. The highest BCUT2D eigenvalue weighted by atomic mass is 35.5. The molecule has 2 aromatic carbocycles. The number of likely N-dealkylation sites (N-methyl/N-ethyl adjacent to an activating group) is 1. The first-order valence-electron chi connectivity index (χ1n) is 9.81. The molecule has 2 N–H and O–H groups in total. The van der Waals surface area contributed by atoms with Crippen LogP contribution in [0.5, 0.6) is 0 Å². The number of carbonyl (C=O) groups excluding carboxylic acids is 1. The van der Waals surface area contributed by atoms with Gasteiger partial charge < -0.3 is 5.32 Å². The minimum Gasteiger partial charge on any atom is -0.350 e. The fraction of sp³-hybridized carbons (Fsp3) is 0.318. The Hall–Kier alpha value is -2.19. The van der Waals surface area contributed by atoms with E-state index in [4.69, 9.17) is 11.6 Å². The van der Waals surface area contributed by atoms with E-state index < -0.39 is 10.0 Å². The molecule has 1 amide bonds. The molecule has 1 atom stereocenters. The van der Waals surface area contributed by atoms with Crippen molar-refractivity contribution in [2.75, 3.05) is 26.2 Å². The van der Waals surface area contributed by atoms with Gasteiger partial charge >= 0.3 is 0 Å². The molecule has 0 aliphatic carbocycles. The van der Waals surface area contributed by atoms with Gasteiger partial charge in [-0.05, 0) is 42.9 Å². The molecule has 1 unspecified atom stereocenters. The second-order valence-corrected chi connectivity index (χ2v) is 8.81. The number of amides is 1. The van der Waals surface area contributed by atoms with Gasteiger partial charge in [-0.25, -0.2) is 13.1 Å². The first-order chi connectivity index (χ1) is 14.3. The lowest BCUT2D eigenvalue weighted by molar-refractivity contribution is 0.0934. The number of hydrogen-bond donors (Lipinski definition) is 2. The van der Waals surface area contributed by atoms with Crippen molar-refractivity contribution in [3.63, 3.8) is 0 Å². The van der Waals surface area contributed by atoms with Crippen LogP contribution in [-0.2, 0) is 10.0 Å². The van der Waals surface area contributed by atoms with Gasteiger partial charge in [0.05, 0.1) is 10.9 Å². The number of sulfonamides is 1. The number of nitrogens with one attached hydrogen (secondary N) is 2. The van der Waals surface area contributed by atoms with E-state index in [1.165, 1.54) is 18.2 Å². The third kappa shape index (κ3) is 6.15. The van der Waals surface area contributed by atoms with Crippen molar-refractivity contribution < 1.29 is 13.2 Å². The molecule has 0 fully saturated rings. The number of carbonyl (C=O) groups is 1. The predicted octanol–water partition coefficient (Wildman–Crippen LogP) is 3.62. The number of benzene rings is 2. The zero-order valence-corrected chi connectivity index (χ0v) is 18.8. The minimum atomic E-state index is -3.71. The second-order valence-electron chi connectivity index (χ2n) is 6.64. The Morgan fingerprint density at radius 1 is 1.17 bits per heavy atom. The van der Waals surface area contributed by atoms with E-state index in [2.05, 4.69) is 35.4 Å². The molecular formula is C22H28ClN3O3S. The van der Waals surface area contributed by atoms with Gasteiger partial charge in [0.15, 0.2) is 0 Å². The molecule has 2 rings (SSSR count). The lowest BCUT2D eigenvalue weighted by atomic mass is 10.0. The Balaban J connectivity index is 2.21. The summed E-state index contributed by atoms with van der Waals surface area (Å²) >= 11 is 6.40. The van der Waals surface area contributed by atoms with Gasteiger partial charge in [-0.2, -0.15) is 0 Å². The van der Waals surface area contributed by atoms with Crippen LogP contribution in [0.1, 0.15) is 35.8 Å². The number of halogens is 1. The average molecular weight is 450 g/mol. The normalized spacial score (nSPS) is 12.5. The van der Waals surface area contributed by atoms with Gasteiger partial charge in [0.25, 0.3) is 5.91 Å². The highest BCUT2D eigenvalue weighted by Gasteiger charge is 2.22. The standard InChI is InChI=1S/C22H28ClN3O3S/c1-4-14-25-30(28,29)18-11-9-10-17(15-18)22(27)24-16-21(26(5-2)6-3)19-12-7-8-13-20(19)23/h4,7-13,15,21,25H,1,5-6,14,16H2,2-3H3,(H,24,27). The van der Waals surface area contributed by atoms with Crippen molar-refractivity contribution in [3.05, 3.63) is 77.3 Å². The Morgan fingerprint density at radius 2 is 1.87 bits per heavy atom. The zero-order valence-electron chi connectivity index (χ0n) is 17.3. The van der Waals surface area contributed by atoms with Crippen LogP contribution in [0.4, 0.5) is 0 Å². The summed E-state index contributed by atoms with van der Waals surface area (Å²) in [5.41, 5.74) is 1.21. The minimum absolute atomic E-state index is 0.0309. The van der Waals surface area contributed by atoms with Crippen molar-refractivity contribution in [2.24, 2.45) is 0 Å². The Kier molecular flexibility index (Phi) is 9.05. The third-order valence-corrected chi connectivity index (χ3v) is 6.56. The quantitative estimate of drug-likeness (QED) is 0.513. The van der Waals surface area contributed by atoms with E-state index in [-0.39, 0.29) is 29.0 Å². The zero-order chi connectivity index (χ0) is 22.1. The van der Waals surface area contributed by atoms with Crippen LogP contribution in [0.15, 0.2) is 66.1 Å². The van der Waals surface area contributed by atoms with Crippen molar-refractivity contribution in [3.8, 4) is 0 Å². The first-order valence-corrected chi connectivity index (χ1v) is 11.7. The van der Waals surface area contributed by atoms with Gasteiger partial charge in [0.1, 0.15) is 0 Å². The van der Waals surface area contributed by atoms with Crippen molar-refractivity contribution in [1.82, 2.24) is 14.9 Å². The van der Waals surface area contributed by atoms with Crippen LogP contribution >= 0.6 is 11.6 Å².